The molecule has 0 aliphatic heterocycles. The molecule has 0 aliphatic carbocycles. The molecule has 1 atom stereocenters. The molecular weight excluding hydrogens is 432 g/mol. The first-order chi connectivity index (χ1) is 14.9. The Labute approximate surface area is 191 Å². The maximum atomic E-state index is 12.9. The molecule has 0 saturated heterocycles. The van der Waals surface area contributed by atoms with E-state index in [4.69, 9.17) is 23.8 Å². The van der Waals surface area contributed by atoms with E-state index in [1.165, 1.54) is 4.57 Å². The lowest BCUT2D eigenvalue weighted by molar-refractivity contribution is 0.0935. The highest BCUT2D eigenvalue weighted by Gasteiger charge is 2.21. The molecule has 1 heterocycles. The van der Waals surface area contributed by atoms with Gasteiger partial charge in [-0.1, -0.05) is 43.6 Å². The SMILES string of the molecule is CCN(CC)C(CNC(=O)c1ccc2c(=O)n(CC)c(=S)[nH]c2c1)c1ccccc1Cl. The first-order valence-corrected chi connectivity index (χ1v) is 11.2. The zero-order valence-electron chi connectivity index (χ0n) is 17.9. The zero-order valence-corrected chi connectivity index (χ0v) is 19.5. The molecule has 3 aromatic rings. The lowest BCUT2D eigenvalue weighted by atomic mass is 10.0. The van der Waals surface area contributed by atoms with Crippen molar-refractivity contribution in [2.24, 2.45) is 0 Å². The molecule has 31 heavy (non-hydrogen) atoms. The van der Waals surface area contributed by atoms with Gasteiger partial charge in [-0.25, -0.2) is 0 Å². The molecule has 164 valence electrons. The van der Waals surface area contributed by atoms with E-state index in [0.717, 1.165) is 18.7 Å². The van der Waals surface area contributed by atoms with Gasteiger partial charge in [0.1, 0.15) is 0 Å². The summed E-state index contributed by atoms with van der Waals surface area (Å²) in [5.74, 6) is -0.218. The largest absolute Gasteiger partial charge is 0.350 e. The number of carbonyl (C=O) groups is 1. The molecule has 8 heteroatoms. The second-order valence-electron chi connectivity index (χ2n) is 7.21. The van der Waals surface area contributed by atoms with Crippen molar-refractivity contribution in [3.05, 3.63) is 73.7 Å². The van der Waals surface area contributed by atoms with Crippen LogP contribution in [0, 0.1) is 4.77 Å². The highest BCUT2D eigenvalue weighted by Crippen LogP contribution is 2.27. The van der Waals surface area contributed by atoms with Crippen LogP contribution < -0.4 is 10.9 Å². The molecular formula is C23H27ClN4O2S. The van der Waals surface area contributed by atoms with Crippen LogP contribution in [0.4, 0.5) is 0 Å². The van der Waals surface area contributed by atoms with E-state index in [0.29, 0.717) is 39.3 Å². The summed E-state index contributed by atoms with van der Waals surface area (Å²) in [4.78, 5) is 30.8. The molecule has 1 unspecified atom stereocenters. The number of amides is 1. The summed E-state index contributed by atoms with van der Waals surface area (Å²) in [6.07, 6.45) is 0. The fraction of sp³-hybridized carbons (Fsp3) is 0.348. The molecule has 6 nitrogen and oxygen atoms in total. The number of hydrogen-bond donors (Lipinski definition) is 2. The molecule has 2 aromatic carbocycles. The number of halogens is 1. The summed E-state index contributed by atoms with van der Waals surface area (Å²) in [6.45, 7) is 8.60. The van der Waals surface area contributed by atoms with E-state index < -0.39 is 0 Å². The minimum absolute atomic E-state index is 0.0457. The van der Waals surface area contributed by atoms with Gasteiger partial charge in [-0.3, -0.25) is 19.1 Å². The van der Waals surface area contributed by atoms with Crippen molar-refractivity contribution in [2.75, 3.05) is 19.6 Å². The van der Waals surface area contributed by atoms with Crippen LogP contribution in [-0.4, -0.2) is 40.0 Å². The van der Waals surface area contributed by atoms with Gasteiger partial charge < -0.3 is 10.3 Å². The van der Waals surface area contributed by atoms with Gasteiger partial charge in [0.15, 0.2) is 4.77 Å². The summed E-state index contributed by atoms with van der Waals surface area (Å²) in [5.41, 5.74) is 1.84. The minimum atomic E-state index is -0.218. The van der Waals surface area contributed by atoms with Crippen LogP contribution in [0.3, 0.4) is 0 Å². The molecule has 0 saturated carbocycles. The number of nitrogens with zero attached hydrogens (tertiary/aromatic N) is 2. The number of carbonyl (C=O) groups excluding carboxylic acids is 1. The number of likely N-dealkylation sites (N-methyl/N-ethyl adjacent to an activating group) is 1. The first kappa shape index (κ1) is 23.2. The third-order valence-corrected chi connectivity index (χ3v) is 6.20. The Morgan fingerprint density at radius 2 is 1.90 bits per heavy atom. The van der Waals surface area contributed by atoms with Crippen molar-refractivity contribution >= 4 is 40.6 Å². The number of benzene rings is 2. The summed E-state index contributed by atoms with van der Waals surface area (Å²) in [5, 5.41) is 4.21. The van der Waals surface area contributed by atoms with Crippen molar-refractivity contribution in [1.29, 1.82) is 0 Å². The maximum absolute atomic E-state index is 12.9. The number of fused-ring (bicyclic) bond motifs is 1. The second kappa shape index (κ2) is 10.2. The highest BCUT2D eigenvalue weighted by molar-refractivity contribution is 7.71. The van der Waals surface area contributed by atoms with Crippen LogP contribution in [0.25, 0.3) is 10.9 Å². The lowest BCUT2D eigenvalue weighted by Gasteiger charge is -2.31. The predicted octanol–water partition coefficient (Wildman–Crippen LogP) is 4.55. The molecule has 0 bridgehead atoms. The van der Waals surface area contributed by atoms with Crippen LogP contribution in [0.2, 0.25) is 5.02 Å². The third kappa shape index (κ3) is 4.89. The molecule has 1 amide bonds. The van der Waals surface area contributed by atoms with Crippen LogP contribution in [0.15, 0.2) is 47.3 Å². The second-order valence-corrected chi connectivity index (χ2v) is 8.00. The van der Waals surface area contributed by atoms with Crippen molar-refractivity contribution < 1.29 is 4.79 Å². The highest BCUT2D eigenvalue weighted by atomic mass is 35.5. The Kier molecular flexibility index (Phi) is 7.64. The van der Waals surface area contributed by atoms with Gasteiger partial charge in [0.05, 0.1) is 16.9 Å². The standard InChI is InChI=1S/C23H27ClN4O2S/c1-4-27(5-2)20(16-9-7-8-10-18(16)24)14-25-21(29)15-11-12-17-19(13-15)26-23(31)28(6-3)22(17)30/h7-13,20H,4-6,14H2,1-3H3,(H,25,29)(H,26,31). The maximum Gasteiger partial charge on any atom is 0.262 e. The molecule has 0 radical (unpaired) electrons. The lowest BCUT2D eigenvalue weighted by Crippen LogP contribution is -2.38. The normalized spacial score (nSPS) is 12.3. The Hall–Kier alpha value is -2.48. The Balaban J connectivity index is 1.87. The van der Waals surface area contributed by atoms with E-state index >= 15 is 0 Å². The van der Waals surface area contributed by atoms with Crippen molar-refractivity contribution in [1.82, 2.24) is 19.8 Å². The number of nitrogens with one attached hydrogen (secondary N) is 2. The number of aromatic nitrogens is 2. The van der Waals surface area contributed by atoms with Gasteiger partial charge in [-0.2, -0.15) is 0 Å². The number of aromatic amines is 1. The van der Waals surface area contributed by atoms with Crippen LogP contribution in [0.5, 0.6) is 0 Å². The fourth-order valence-electron chi connectivity index (χ4n) is 3.82. The van der Waals surface area contributed by atoms with Gasteiger partial charge in [-0.15, -0.1) is 0 Å². The Morgan fingerprint density at radius 3 is 2.55 bits per heavy atom. The van der Waals surface area contributed by atoms with E-state index in [1.807, 2.05) is 31.2 Å². The summed E-state index contributed by atoms with van der Waals surface area (Å²) in [7, 11) is 0. The average Bonchev–Trinajstić information content (AvgIpc) is 2.77. The Morgan fingerprint density at radius 1 is 1.19 bits per heavy atom. The molecule has 0 spiro atoms. The van der Waals surface area contributed by atoms with Gasteiger partial charge in [0.2, 0.25) is 0 Å². The van der Waals surface area contributed by atoms with Gasteiger partial charge in [-0.05, 0) is 62.1 Å². The topological polar surface area (TPSA) is 70.1 Å². The van der Waals surface area contributed by atoms with E-state index in [9.17, 15) is 9.59 Å². The summed E-state index contributed by atoms with van der Waals surface area (Å²) < 4.78 is 1.84. The van der Waals surface area contributed by atoms with Crippen LogP contribution in [-0.2, 0) is 6.54 Å². The molecule has 1 aromatic heterocycles. The van der Waals surface area contributed by atoms with Crippen molar-refractivity contribution in [2.45, 2.75) is 33.4 Å². The van der Waals surface area contributed by atoms with Crippen molar-refractivity contribution in [3.63, 3.8) is 0 Å². The monoisotopic (exact) mass is 458 g/mol. The number of hydrogen-bond acceptors (Lipinski definition) is 4. The molecule has 0 fully saturated rings. The molecule has 3 rings (SSSR count). The minimum Gasteiger partial charge on any atom is -0.350 e. The van der Waals surface area contributed by atoms with E-state index in [1.54, 1.807) is 18.2 Å². The average molecular weight is 459 g/mol. The van der Waals surface area contributed by atoms with E-state index in [-0.39, 0.29) is 17.5 Å². The fourth-order valence-corrected chi connectivity index (χ4v) is 4.40. The van der Waals surface area contributed by atoms with Gasteiger partial charge in [0.25, 0.3) is 11.5 Å². The predicted molar refractivity (Wildman–Crippen MR) is 129 cm³/mol. The smallest absolute Gasteiger partial charge is 0.262 e. The molecule has 0 aliphatic rings. The number of H-pyrrole nitrogens is 1. The Bertz CT molecular complexity index is 1200. The summed E-state index contributed by atoms with van der Waals surface area (Å²) in [6, 6.07) is 12.7. The number of rotatable bonds is 8. The summed E-state index contributed by atoms with van der Waals surface area (Å²) >= 11 is 11.7. The van der Waals surface area contributed by atoms with Crippen molar-refractivity contribution in [3.8, 4) is 0 Å². The van der Waals surface area contributed by atoms with Crippen LogP contribution in [0.1, 0.15) is 42.7 Å². The quantitative estimate of drug-likeness (QED) is 0.486. The first-order valence-electron chi connectivity index (χ1n) is 10.4. The van der Waals surface area contributed by atoms with Crippen LogP contribution >= 0.6 is 23.8 Å². The van der Waals surface area contributed by atoms with Gasteiger partial charge >= 0.3 is 0 Å². The van der Waals surface area contributed by atoms with Gasteiger partial charge in [0, 0.05) is 23.7 Å². The third-order valence-electron chi connectivity index (χ3n) is 5.53. The zero-order chi connectivity index (χ0) is 22.5. The molecule has 2 N–H and O–H groups in total. The van der Waals surface area contributed by atoms with E-state index in [2.05, 4.69) is 29.0 Å².